The van der Waals surface area contributed by atoms with Crippen molar-refractivity contribution >= 4 is 23.4 Å². The van der Waals surface area contributed by atoms with Crippen molar-refractivity contribution in [1.29, 1.82) is 0 Å². The van der Waals surface area contributed by atoms with Gasteiger partial charge in [0.2, 0.25) is 0 Å². The Bertz CT molecular complexity index is 691. The van der Waals surface area contributed by atoms with E-state index < -0.39 is 5.60 Å². The van der Waals surface area contributed by atoms with Gasteiger partial charge in [-0.2, -0.15) is 0 Å². The van der Waals surface area contributed by atoms with Crippen molar-refractivity contribution in [3.8, 4) is 0 Å². The molecule has 1 aromatic rings. The maximum atomic E-state index is 12.2. The van der Waals surface area contributed by atoms with Crippen LogP contribution in [0.1, 0.15) is 52.0 Å². The van der Waals surface area contributed by atoms with Crippen molar-refractivity contribution in [2.75, 3.05) is 43.9 Å². The number of ether oxygens (including phenoxy) is 2. The average Bonchev–Trinajstić information content (AvgIpc) is 2.64. The van der Waals surface area contributed by atoms with Gasteiger partial charge >= 0.3 is 12.1 Å². The number of amides is 1. The van der Waals surface area contributed by atoms with E-state index in [1.807, 2.05) is 45.9 Å². The Hall–Kier alpha value is -2.44. The Kier molecular flexibility index (Phi) is 7.16. The van der Waals surface area contributed by atoms with E-state index in [1.165, 1.54) is 7.11 Å². The van der Waals surface area contributed by atoms with E-state index in [1.54, 1.807) is 4.90 Å². The number of piperazine rings is 1. The standard InChI is InChI=1S/C21H33N3O4/c1-6-15(14-19(25)27-5)16-7-8-18(17(22)13-16)23-9-11-24(12-10-23)20(26)28-21(2,3)4/h7-8,13,15H,6,9-12,14,22H2,1-5H3. The van der Waals surface area contributed by atoms with Gasteiger partial charge in [-0.1, -0.05) is 13.0 Å². The van der Waals surface area contributed by atoms with Gasteiger partial charge in [-0.15, -0.1) is 0 Å². The molecule has 1 amide bonds. The first-order valence-corrected chi connectivity index (χ1v) is 9.83. The zero-order valence-corrected chi connectivity index (χ0v) is 17.7. The number of nitrogens with two attached hydrogens (primary N) is 1. The third-order valence-corrected chi connectivity index (χ3v) is 4.93. The molecule has 1 fully saturated rings. The maximum Gasteiger partial charge on any atom is 0.410 e. The molecule has 28 heavy (non-hydrogen) atoms. The van der Waals surface area contributed by atoms with Crippen LogP contribution in [-0.4, -0.2) is 55.9 Å². The molecule has 0 saturated carbocycles. The molecule has 1 heterocycles. The summed E-state index contributed by atoms with van der Waals surface area (Å²) in [5.74, 6) is -0.124. The van der Waals surface area contributed by atoms with Crippen LogP contribution in [0.2, 0.25) is 0 Å². The van der Waals surface area contributed by atoms with Crippen molar-refractivity contribution in [3.05, 3.63) is 23.8 Å². The Morgan fingerprint density at radius 2 is 1.82 bits per heavy atom. The number of benzene rings is 1. The van der Waals surface area contributed by atoms with E-state index in [0.717, 1.165) is 17.7 Å². The van der Waals surface area contributed by atoms with Crippen LogP contribution in [0, 0.1) is 0 Å². The largest absolute Gasteiger partial charge is 0.469 e. The Labute approximate surface area is 167 Å². The van der Waals surface area contributed by atoms with E-state index in [2.05, 4.69) is 4.90 Å². The summed E-state index contributed by atoms with van der Waals surface area (Å²) in [4.78, 5) is 27.7. The highest BCUT2D eigenvalue weighted by atomic mass is 16.6. The molecule has 0 spiro atoms. The summed E-state index contributed by atoms with van der Waals surface area (Å²) >= 11 is 0. The molecule has 1 unspecified atom stereocenters. The SMILES string of the molecule is CCC(CC(=O)OC)c1ccc(N2CCN(C(=O)OC(C)(C)C)CC2)c(N)c1. The Balaban J connectivity index is 2.01. The summed E-state index contributed by atoms with van der Waals surface area (Å²) < 4.78 is 10.2. The molecule has 1 atom stereocenters. The summed E-state index contributed by atoms with van der Waals surface area (Å²) in [7, 11) is 1.41. The first-order valence-electron chi connectivity index (χ1n) is 9.83. The highest BCUT2D eigenvalue weighted by Gasteiger charge is 2.26. The monoisotopic (exact) mass is 391 g/mol. The van der Waals surface area contributed by atoms with Crippen molar-refractivity contribution in [3.63, 3.8) is 0 Å². The molecule has 0 aliphatic carbocycles. The van der Waals surface area contributed by atoms with Gasteiger partial charge in [0, 0.05) is 26.2 Å². The van der Waals surface area contributed by atoms with Crippen LogP contribution < -0.4 is 10.6 Å². The number of anilines is 2. The summed E-state index contributed by atoms with van der Waals surface area (Å²) in [5, 5.41) is 0. The van der Waals surface area contributed by atoms with Crippen LogP contribution in [0.15, 0.2) is 18.2 Å². The van der Waals surface area contributed by atoms with Crippen LogP contribution in [0.5, 0.6) is 0 Å². The van der Waals surface area contributed by atoms with Crippen molar-refractivity contribution in [2.45, 2.75) is 52.1 Å². The summed E-state index contributed by atoms with van der Waals surface area (Å²) in [5.41, 5.74) is 8.52. The second-order valence-electron chi connectivity index (χ2n) is 8.16. The van der Waals surface area contributed by atoms with Crippen molar-refractivity contribution in [2.24, 2.45) is 0 Å². The fourth-order valence-corrected chi connectivity index (χ4v) is 3.35. The predicted octanol–water partition coefficient (Wildman–Crippen LogP) is 3.38. The molecule has 7 heteroatoms. The second-order valence-corrected chi connectivity index (χ2v) is 8.16. The smallest absolute Gasteiger partial charge is 0.410 e. The molecule has 0 bridgehead atoms. The molecule has 0 aromatic heterocycles. The van der Waals surface area contributed by atoms with Gasteiger partial charge in [0.25, 0.3) is 0 Å². The fourth-order valence-electron chi connectivity index (χ4n) is 3.35. The molecule has 156 valence electrons. The molecule has 1 aliphatic rings. The number of nitrogen functional groups attached to an aromatic ring is 1. The molecular weight excluding hydrogens is 358 g/mol. The number of nitrogens with zero attached hydrogens (tertiary/aromatic N) is 2. The predicted molar refractivity (Wildman–Crippen MR) is 111 cm³/mol. The highest BCUT2D eigenvalue weighted by Crippen LogP contribution is 2.31. The van der Waals surface area contributed by atoms with E-state index >= 15 is 0 Å². The van der Waals surface area contributed by atoms with Crippen molar-refractivity contribution in [1.82, 2.24) is 4.90 Å². The fraction of sp³-hybridized carbons (Fsp3) is 0.619. The van der Waals surface area contributed by atoms with Gasteiger partial charge < -0.3 is 25.0 Å². The first-order chi connectivity index (χ1) is 13.1. The second kappa shape index (κ2) is 9.17. The minimum Gasteiger partial charge on any atom is -0.469 e. The van der Waals surface area contributed by atoms with Gasteiger partial charge in [-0.05, 0) is 50.8 Å². The molecular formula is C21H33N3O4. The first kappa shape index (κ1) is 21.9. The Morgan fingerprint density at radius 3 is 2.32 bits per heavy atom. The molecule has 1 aliphatic heterocycles. The number of hydrogen-bond donors (Lipinski definition) is 1. The van der Waals surface area contributed by atoms with Crippen LogP contribution in [0.4, 0.5) is 16.2 Å². The lowest BCUT2D eigenvalue weighted by Crippen LogP contribution is -2.50. The van der Waals surface area contributed by atoms with E-state index in [-0.39, 0.29) is 18.0 Å². The summed E-state index contributed by atoms with van der Waals surface area (Å²) in [6.45, 7) is 10.2. The number of methoxy groups -OCH3 is 1. The van der Waals surface area contributed by atoms with Gasteiger partial charge in [0.05, 0.1) is 24.9 Å². The minimum atomic E-state index is -0.492. The number of hydrogen-bond acceptors (Lipinski definition) is 6. The third-order valence-electron chi connectivity index (χ3n) is 4.93. The quantitative estimate of drug-likeness (QED) is 0.612. The van der Waals surface area contributed by atoms with Crippen LogP contribution in [0.3, 0.4) is 0 Å². The minimum absolute atomic E-state index is 0.0906. The van der Waals surface area contributed by atoms with Crippen LogP contribution in [-0.2, 0) is 14.3 Å². The topological polar surface area (TPSA) is 85.1 Å². The molecule has 7 nitrogen and oxygen atoms in total. The molecule has 0 radical (unpaired) electrons. The number of rotatable bonds is 5. The molecule has 1 aromatic carbocycles. The highest BCUT2D eigenvalue weighted by molar-refractivity contribution is 5.73. The number of carbonyl (C=O) groups excluding carboxylic acids is 2. The van der Waals surface area contributed by atoms with E-state index in [4.69, 9.17) is 15.2 Å². The van der Waals surface area contributed by atoms with Gasteiger partial charge in [0.1, 0.15) is 5.60 Å². The van der Waals surface area contributed by atoms with Gasteiger partial charge in [0.15, 0.2) is 0 Å². The summed E-state index contributed by atoms with van der Waals surface area (Å²) in [6, 6.07) is 5.99. The lowest BCUT2D eigenvalue weighted by molar-refractivity contribution is -0.141. The van der Waals surface area contributed by atoms with Crippen LogP contribution in [0.25, 0.3) is 0 Å². The Morgan fingerprint density at radius 1 is 1.18 bits per heavy atom. The maximum absolute atomic E-state index is 12.2. The molecule has 2 N–H and O–H groups in total. The average molecular weight is 392 g/mol. The third kappa shape index (κ3) is 5.78. The number of carbonyl (C=O) groups is 2. The van der Waals surface area contributed by atoms with E-state index in [0.29, 0.717) is 38.3 Å². The van der Waals surface area contributed by atoms with E-state index in [9.17, 15) is 9.59 Å². The van der Waals surface area contributed by atoms with Gasteiger partial charge in [-0.25, -0.2) is 4.79 Å². The lowest BCUT2D eigenvalue weighted by Gasteiger charge is -2.37. The van der Waals surface area contributed by atoms with Crippen molar-refractivity contribution < 1.29 is 19.1 Å². The normalized spacial score (nSPS) is 15.9. The van der Waals surface area contributed by atoms with Crippen LogP contribution >= 0.6 is 0 Å². The zero-order valence-electron chi connectivity index (χ0n) is 17.7. The molecule has 1 saturated heterocycles. The lowest BCUT2D eigenvalue weighted by atomic mass is 9.92. The van der Waals surface area contributed by atoms with Gasteiger partial charge in [-0.3, -0.25) is 4.79 Å². The number of esters is 1. The molecule has 2 rings (SSSR count). The zero-order chi connectivity index (χ0) is 20.9. The summed E-state index contributed by atoms with van der Waals surface area (Å²) in [6.07, 6.45) is 0.909.